The van der Waals surface area contributed by atoms with Crippen LogP contribution in [0.5, 0.6) is 0 Å². The molecule has 0 bridgehead atoms. The number of benzene rings is 3. The first-order chi connectivity index (χ1) is 13.3. The lowest BCUT2D eigenvalue weighted by atomic mass is 10.0. The fraction of sp³-hybridized carbons (Fsp3) is 0. The number of hydrogen-bond donors (Lipinski definition) is 1. The van der Waals surface area contributed by atoms with Crippen LogP contribution in [0.3, 0.4) is 0 Å². The van der Waals surface area contributed by atoms with Gasteiger partial charge in [0.1, 0.15) is 11.6 Å². The highest BCUT2D eigenvalue weighted by Crippen LogP contribution is 2.31. The van der Waals surface area contributed by atoms with Crippen molar-refractivity contribution in [1.82, 2.24) is 9.97 Å². The zero-order valence-corrected chi connectivity index (χ0v) is 14.5. The van der Waals surface area contributed by atoms with Crippen LogP contribution in [-0.2, 0) is 0 Å². The second-order valence-corrected chi connectivity index (χ2v) is 5.95. The second kappa shape index (κ2) is 7.51. The molecule has 0 saturated carbocycles. The lowest BCUT2D eigenvalue weighted by molar-refractivity contribution is 1.16. The molecule has 0 amide bonds. The SMILES string of the molecule is N#Cc1c(-c2ccccc2)nc(Nc2ccccc2)nc1-c1ccccc1. The number of hydrogen-bond acceptors (Lipinski definition) is 4. The molecule has 1 aromatic heterocycles. The third kappa shape index (κ3) is 3.53. The lowest BCUT2D eigenvalue weighted by Crippen LogP contribution is -2.03. The van der Waals surface area contributed by atoms with Crippen LogP contribution in [0.2, 0.25) is 0 Å². The Bertz CT molecular complexity index is 1030. The maximum atomic E-state index is 9.85. The van der Waals surface area contributed by atoms with E-state index in [-0.39, 0.29) is 0 Å². The molecule has 4 rings (SSSR count). The molecule has 0 saturated heterocycles. The summed E-state index contributed by atoms with van der Waals surface area (Å²) < 4.78 is 0. The Labute approximate surface area is 157 Å². The maximum Gasteiger partial charge on any atom is 0.228 e. The normalized spacial score (nSPS) is 10.2. The predicted octanol–water partition coefficient (Wildman–Crippen LogP) is 5.43. The van der Waals surface area contributed by atoms with E-state index in [1.165, 1.54) is 0 Å². The van der Waals surface area contributed by atoms with Crippen molar-refractivity contribution in [3.63, 3.8) is 0 Å². The highest BCUT2D eigenvalue weighted by Gasteiger charge is 2.17. The van der Waals surface area contributed by atoms with Crippen LogP contribution in [0.1, 0.15) is 5.56 Å². The molecule has 128 valence electrons. The molecule has 0 spiro atoms. The van der Waals surface area contributed by atoms with E-state index >= 15 is 0 Å². The number of aromatic nitrogens is 2. The van der Waals surface area contributed by atoms with Crippen LogP contribution in [0.25, 0.3) is 22.5 Å². The molecule has 4 aromatic rings. The zero-order chi connectivity index (χ0) is 18.5. The van der Waals surface area contributed by atoms with Gasteiger partial charge in [-0.25, -0.2) is 9.97 Å². The third-order valence-corrected chi connectivity index (χ3v) is 4.15. The van der Waals surface area contributed by atoms with Crippen LogP contribution in [0, 0.1) is 11.3 Å². The minimum absolute atomic E-state index is 0.456. The van der Waals surface area contributed by atoms with E-state index < -0.39 is 0 Å². The van der Waals surface area contributed by atoms with E-state index in [0.29, 0.717) is 22.9 Å². The Hall–Kier alpha value is -3.97. The largest absolute Gasteiger partial charge is 0.324 e. The minimum atomic E-state index is 0.456. The first kappa shape index (κ1) is 16.5. The smallest absolute Gasteiger partial charge is 0.228 e. The highest BCUT2D eigenvalue weighted by molar-refractivity contribution is 5.79. The summed E-state index contributed by atoms with van der Waals surface area (Å²) in [7, 11) is 0. The average Bonchev–Trinajstić information content (AvgIpc) is 2.75. The summed E-state index contributed by atoms with van der Waals surface area (Å²) >= 11 is 0. The van der Waals surface area contributed by atoms with Crippen LogP contribution in [-0.4, -0.2) is 9.97 Å². The Kier molecular flexibility index (Phi) is 4.59. The molecule has 1 heterocycles. The van der Waals surface area contributed by atoms with Crippen molar-refractivity contribution in [3.8, 4) is 28.6 Å². The first-order valence-corrected chi connectivity index (χ1v) is 8.60. The fourth-order valence-electron chi connectivity index (χ4n) is 2.88. The van der Waals surface area contributed by atoms with Crippen molar-refractivity contribution in [3.05, 3.63) is 96.6 Å². The van der Waals surface area contributed by atoms with Crippen LogP contribution in [0.15, 0.2) is 91.0 Å². The molecule has 0 aliphatic rings. The number of anilines is 2. The van der Waals surface area contributed by atoms with Crippen molar-refractivity contribution in [2.45, 2.75) is 0 Å². The molecular formula is C23H16N4. The van der Waals surface area contributed by atoms with E-state index in [1.54, 1.807) is 0 Å². The van der Waals surface area contributed by atoms with Gasteiger partial charge in [-0.05, 0) is 12.1 Å². The van der Waals surface area contributed by atoms with Crippen molar-refractivity contribution in [2.24, 2.45) is 0 Å². The molecule has 0 atom stereocenters. The number of nitriles is 1. The molecule has 27 heavy (non-hydrogen) atoms. The summed E-state index contributed by atoms with van der Waals surface area (Å²) in [6.07, 6.45) is 0. The second-order valence-electron chi connectivity index (χ2n) is 5.95. The van der Waals surface area contributed by atoms with Crippen molar-refractivity contribution in [1.29, 1.82) is 5.26 Å². The van der Waals surface area contributed by atoms with Gasteiger partial charge in [0.25, 0.3) is 0 Å². The number of para-hydroxylation sites is 1. The van der Waals surface area contributed by atoms with Gasteiger partial charge in [0.2, 0.25) is 5.95 Å². The topological polar surface area (TPSA) is 61.6 Å². The predicted molar refractivity (Wildman–Crippen MR) is 107 cm³/mol. The number of nitrogens with one attached hydrogen (secondary N) is 1. The van der Waals surface area contributed by atoms with Crippen LogP contribution >= 0.6 is 0 Å². The monoisotopic (exact) mass is 348 g/mol. The molecule has 4 heteroatoms. The Morgan fingerprint density at radius 2 is 1.07 bits per heavy atom. The third-order valence-electron chi connectivity index (χ3n) is 4.15. The highest BCUT2D eigenvalue weighted by atomic mass is 15.1. The van der Waals surface area contributed by atoms with Crippen molar-refractivity contribution < 1.29 is 0 Å². The summed E-state index contributed by atoms with van der Waals surface area (Å²) in [5, 5.41) is 13.1. The number of rotatable bonds is 4. The lowest BCUT2D eigenvalue weighted by Gasteiger charge is -2.13. The van der Waals surface area contributed by atoms with Gasteiger partial charge in [0.05, 0.1) is 11.4 Å². The van der Waals surface area contributed by atoms with Gasteiger partial charge in [0, 0.05) is 16.8 Å². The molecule has 0 aliphatic carbocycles. The molecular weight excluding hydrogens is 332 g/mol. The average molecular weight is 348 g/mol. The molecule has 0 radical (unpaired) electrons. The van der Waals surface area contributed by atoms with Crippen molar-refractivity contribution in [2.75, 3.05) is 5.32 Å². The Morgan fingerprint density at radius 3 is 1.52 bits per heavy atom. The molecule has 4 nitrogen and oxygen atoms in total. The molecule has 0 unspecified atom stereocenters. The first-order valence-electron chi connectivity index (χ1n) is 8.60. The Balaban J connectivity index is 1.92. The Morgan fingerprint density at radius 1 is 0.630 bits per heavy atom. The molecule has 0 aliphatic heterocycles. The summed E-state index contributed by atoms with van der Waals surface area (Å²) in [4.78, 5) is 9.30. The molecule has 1 N–H and O–H groups in total. The number of nitrogens with zero attached hydrogens (tertiary/aromatic N) is 3. The van der Waals surface area contributed by atoms with Crippen LogP contribution in [0.4, 0.5) is 11.6 Å². The van der Waals surface area contributed by atoms with Gasteiger partial charge in [-0.2, -0.15) is 5.26 Å². The van der Waals surface area contributed by atoms with Gasteiger partial charge in [-0.1, -0.05) is 78.9 Å². The van der Waals surface area contributed by atoms with E-state index in [9.17, 15) is 5.26 Å². The van der Waals surface area contributed by atoms with Gasteiger partial charge in [0.15, 0.2) is 0 Å². The van der Waals surface area contributed by atoms with E-state index in [1.807, 2.05) is 91.0 Å². The summed E-state index contributed by atoms with van der Waals surface area (Å²) in [5.41, 5.74) is 4.34. The van der Waals surface area contributed by atoms with Gasteiger partial charge >= 0.3 is 0 Å². The summed E-state index contributed by atoms with van der Waals surface area (Å²) in [6, 6.07) is 31.5. The molecule has 3 aromatic carbocycles. The zero-order valence-electron chi connectivity index (χ0n) is 14.5. The maximum absolute atomic E-state index is 9.85. The van der Waals surface area contributed by atoms with Gasteiger partial charge in [-0.3, -0.25) is 0 Å². The quantitative estimate of drug-likeness (QED) is 0.534. The summed E-state index contributed by atoms with van der Waals surface area (Å²) in [6.45, 7) is 0. The van der Waals surface area contributed by atoms with Gasteiger partial charge in [-0.15, -0.1) is 0 Å². The van der Waals surface area contributed by atoms with E-state index in [4.69, 9.17) is 0 Å². The van der Waals surface area contributed by atoms with Crippen molar-refractivity contribution >= 4 is 11.6 Å². The minimum Gasteiger partial charge on any atom is -0.324 e. The fourth-order valence-corrected chi connectivity index (χ4v) is 2.88. The summed E-state index contributed by atoms with van der Waals surface area (Å²) in [5.74, 6) is 0.456. The van der Waals surface area contributed by atoms with E-state index in [2.05, 4.69) is 21.4 Å². The van der Waals surface area contributed by atoms with Crippen LogP contribution < -0.4 is 5.32 Å². The standard InChI is InChI=1S/C23H16N4/c24-16-20-21(17-10-4-1-5-11-17)26-23(25-19-14-8-3-9-15-19)27-22(20)18-12-6-2-7-13-18/h1-15H,(H,25,26,27). The van der Waals surface area contributed by atoms with Gasteiger partial charge < -0.3 is 5.32 Å². The van der Waals surface area contributed by atoms with E-state index in [0.717, 1.165) is 16.8 Å². The molecule has 0 fully saturated rings.